The van der Waals surface area contributed by atoms with Crippen LogP contribution in [0.5, 0.6) is 0 Å². The molecule has 0 saturated heterocycles. The van der Waals surface area contributed by atoms with E-state index in [9.17, 15) is 14.4 Å². The van der Waals surface area contributed by atoms with Crippen molar-refractivity contribution in [1.29, 1.82) is 0 Å². The van der Waals surface area contributed by atoms with Crippen LogP contribution in [-0.2, 0) is 14.3 Å². The number of urea groups is 1. The summed E-state index contributed by atoms with van der Waals surface area (Å²) in [5, 5.41) is 8.82. The molecule has 0 aliphatic carbocycles. The highest BCUT2D eigenvalue weighted by Crippen LogP contribution is 2.03. The van der Waals surface area contributed by atoms with Gasteiger partial charge in [-0.1, -0.05) is 0 Å². The number of rotatable bonds is 6. The minimum atomic E-state index is -1.10. The van der Waals surface area contributed by atoms with Crippen LogP contribution in [0.2, 0.25) is 0 Å². The zero-order valence-corrected chi connectivity index (χ0v) is 11.2. The van der Waals surface area contributed by atoms with Gasteiger partial charge in [0.05, 0.1) is 6.61 Å². The fourth-order valence-electron chi connectivity index (χ4n) is 1.23. The number of carbonyl (C=O) groups is 3. The van der Waals surface area contributed by atoms with Crippen LogP contribution in [0.25, 0.3) is 0 Å². The van der Waals surface area contributed by atoms with Gasteiger partial charge in [-0.3, -0.25) is 4.79 Å². The summed E-state index contributed by atoms with van der Waals surface area (Å²) in [6, 6.07) is -1.46. The third kappa shape index (κ3) is 4.60. The highest BCUT2D eigenvalue weighted by atomic mass is 16.5. The smallest absolute Gasteiger partial charge is 0.326 e. The minimum Gasteiger partial charge on any atom is -0.480 e. The maximum Gasteiger partial charge on any atom is 0.326 e. The number of aliphatic carboxylic acids is 1. The summed E-state index contributed by atoms with van der Waals surface area (Å²) in [5.41, 5.74) is 0. The van der Waals surface area contributed by atoms with Crippen LogP contribution < -0.4 is 0 Å². The van der Waals surface area contributed by atoms with E-state index in [0.717, 1.165) is 4.90 Å². The molecule has 0 aliphatic heterocycles. The molecular weight excluding hydrogens is 240 g/mol. The Kier molecular flexibility index (Phi) is 6.77. The van der Waals surface area contributed by atoms with E-state index < -0.39 is 24.0 Å². The van der Waals surface area contributed by atoms with Gasteiger partial charge >= 0.3 is 18.0 Å². The number of nitrogens with zero attached hydrogens (tertiary/aromatic N) is 2. The zero-order valence-electron chi connectivity index (χ0n) is 11.2. The highest BCUT2D eigenvalue weighted by molar-refractivity contribution is 5.84. The van der Waals surface area contributed by atoms with Gasteiger partial charge in [0.15, 0.2) is 0 Å². The van der Waals surface area contributed by atoms with Gasteiger partial charge in [0, 0.05) is 13.6 Å². The summed E-state index contributed by atoms with van der Waals surface area (Å²) in [5.74, 6) is -1.61. The lowest BCUT2D eigenvalue weighted by molar-refractivity contribution is -0.143. The average Bonchev–Trinajstić information content (AvgIpc) is 2.33. The molecule has 0 radical (unpaired) electrons. The molecule has 0 bridgehead atoms. The van der Waals surface area contributed by atoms with E-state index in [1.54, 1.807) is 13.8 Å². The second-order valence-electron chi connectivity index (χ2n) is 3.73. The second-order valence-corrected chi connectivity index (χ2v) is 3.73. The van der Waals surface area contributed by atoms with E-state index >= 15 is 0 Å². The molecule has 0 aromatic heterocycles. The Labute approximate surface area is 106 Å². The van der Waals surface area contributed by atoms with Crippen LogP contribution in [0.4, 0.5) is 4.79 Å². The summed E-state index contributed by atoms with van der Waals surface area (Å²) in [7, 11) is 1.38. The lowest BCUT2D eigenvalue weighted by Gasteiger charge is -2.28. The summed E-state index contributed by atoms with van der Waals surface area (Å²) < 4.78 is 4.74. The standard InChI is InChI=1S/C11H20N2O5/c1-5-13(7-9(14)18-6-2)11(17)12(4)8(3)10(15)16/h8H,5-7H2,1-4H3,(H,15,16). The first kappa shape index (κ1) is 16.2. The van der Waals surface area contributed by atoms with Crippen LogP contribution in [-0.4, -0.2) is 65.7 Å². The molecule has 7 heteroatoms. The zero-order chi connectivity index (χ0) is 14.3. The summed E-state index contributed by atoms with van der Waals surface area (Å²) >= 11 is 0. The number of hydrogen-bond donors (Lipinski definition) is 1. The first-order valence-corrected chi connectivity index (χ1v) is 5.75. The first-order chi connectivity index (χ1) is 8.34. The Balaban J connectivity index is 4.60. The van der Waals surface area contributed by atoms with E-state index in [4.69, 9.17) is 9.84 Å². The van der Waals surface area contributed by atoms with Gasteiger partial charge in [0.1, 0.15) is 12.6 Å². The normalized spacial score (nSPS) is 11.6. The topological polar surface area (TPSA) is 87.2 Å². The third-order valence-corrected chi connectivity index (χ3v) is 2.52. The van der Waals surface area contributed by atoms with Crippen molar-refractivity contribution in [2.75, 3.05) is 26.7 Å². The van der Waals surface area contributed by atoms with Gasteiger partial charge in [-0.15, -0.1) is 0 Å². The number of carbonyl (C=O) groups excluding carboxylic acids is 2. The Morgan fingerprint density at radius 1 is 1.28 bits per heavy atom. The summed E-state index contributed by atoms with van der Waals surface area (Å²) in [4.78, 5) is 36.3. The molecular formula is C11H20N2O5. The Hall–Kier alpha value is -1.79. The summed E-state index contributed by atoms with van der Waals surface area (Å²) in [6.07, 6.45) is 0. The van der Waals surface area contributed by atoms with Crippen LogP contribution in [0.15, 0.2) is 0 Å². The maximum absolute atomic E-state index is 11.9. The largest absolute Gasteiger partial charge is 0.480 e. The molecule has 0 saturated carbocycles. The third-order valence-electron chi connectivity index (χ3n) is 2.52. The van der Waals surface area contributed by atoms with Gasteiger partial charge in [0.25, 0.3) is 0 Å². The van der Waals surface area contributed by atoms with E-state index in [0.29, 0.717) is 6.54 Å². The molecule has 104 valence electrons. The molecule has 0 aromatic rings. The van der Waals surface area contributed by atoms with E-state index in [1.807, 2.05) is 0 Å². The number of likely N-dealkylation sites (N-methyl/N-ethyl adjacent to an activating group) is 2. The molecule has 0 heterocycles. The van der Waals surface area contributed by atoms with Crippen LogP contribution in [0, 0.1) is 0 Å². The fourth-order valence-corrected chi connectivity index (χ4v) is 1.23. The lowest BCUT2D eigenvalue weighted by atomic mass is 10.3. The Morgan fingerprint density at radius 2 is 1.83 bits per heavy atom. The van der Waals surface area contributed by atoms with Gasteiger partial charge in [0.2, 0.25) is 0 Å². The second kappa shape index (κ2) is 7.52. The van der Waals surface area contributed by atoms with Gasteiger partial charge in [-0.25, -0.2) is 9.59 Å². The molecule has 1 atom stereocenters. The fraction of sp³-hybridized carbons (Fsp3) is 0.727. The van der Waals surface area contributed by atoms with Crippen molar-refractivity contribution in [3.63, 3.8) is 0 Å². The van der Waals surface area contributed by atoms with Crippen molar-refractivity contribution in [2.45, 2.75) is 26.8 Å². The number of carboxylic acid groups (broad SMARTS) is 1. The van der Waals surface area contributed by atoms with Gasteiger partial charge in [-0.2, -0.15) is 0 Å². The number of esters is 1. The first-order valence-electron chi connectivity index (χ1n) is 5.75. The van der Waals surface area contributed by atoms with Crippen LogP contribution in [0.3, 0.4) is 0 Å². The van der Waals surface area contributed by atoms with Crippen molar-refractivity contribution >= 4 is 18.0 Å². The van der Waals surface area contributed by atoms with E-state index in [-0.39, 0.29) is 13.2 Å². The Bertz CT molecular complexity index is 319. The van der Waals surface area contributed by atoms with E-state index in [1.165, 1.54) is 18.9 Å². The molecule has 1 unspecified atom stereocenters. The number of amides is 2. The molecule has 0 rings (SSSR count). The van der Waals surface area contributed by atoms with Crippen LogP contribution >= 0.6 is 0 Å². The average molecular weight is 260 g/mol. The predicted octanol–water partition coefficient (Wildman–Crippen LogP) is 0.396. The van der Waals surface area contributed by atoms with Crippen molar-refractivity contribution < 1.29 is 24.2 Å². The van der Waals surface area contributed by atoms with Crippen molar-refractivity contribution in [1.82, 2.24) is 9.80 Å². The molecule has 7 nitrogen and oxygen atoms in total. The van der Waals surface area contributed by atoms with Crippen molar-refractivity contribution in [3.05, 3.63) is 0 Å². The Morgan fingerprint density at radius 3 is 2.22 bits per heavy atom. The molecule has 0 spiro atoms. The SMILES string of the molecule is CCOC(=O)CN(CC)C(=O)N(C)C(C)C(=O)O. The summed E-state index contributed by atoms with van der Waals surface area (Å²) in [6.45, 7) is 5.14. The number of hydrogen-bond acceptors (Lipinski definition) is 4. The van der Waals surface area contributed by atoms with Crippen molar-refractivity contribution in [3.8, 4) is 0 Å². The highest BCUT2D eigenvalue weighted by Gasteiger charge is 2.26. The van der Waals surface area contributed by atoms with E-state index in [2.05, 4.69) is 0 Å². The molecule has 2 amide bonds. The minimum absolute atomic E-state index is 0.181. The quantitative estimate of drug-likeness (QED) is 0.698. The maximum atomic E-state index is 11.9. The molecule has 0 aliphatic rings. The predicted molar refractivity (Wildman–Crippen MR) is 64.1 cm³/mol. The number of carboxylic acids is 1. The van der Waals surface area contributed by atoms with Crippen LogP contribution in [0.1, 0.15) is 20.8 Å². The van der Waals surface area contributed by atoms with Gasteiger partial charge < -0.3 is 19.6 Å². The molecule has 0 aromatic carbocycles. The van der Waals surface area contributed by atoms with Crippen molar-refractivity contribution in [2.24, 2.45) is 0 Å². The number of ether oxygens (including phenoxy) is 1. The molecule has 0 fully saturated rings. The molecule has 1 N–H and O–H groups in total. The monoisotopic (exact) mass is 260 g/mol. The van der Waals surface area contributed by atoms with Gasteiger partial charge in [-0.05, 0) is 20.8 Å². The molecule has 18 heavy (non-hydrogen) atoms. The lowest BCUT2D eigenvalue weighted by Crippen LogP contribution is -2.49.